The van der Waals surface area contributed by atoms with E-state index < -0.39 is 0 Å². The molecule has 0 atom stereocenters. The molecule has 0 unspecified atom stereocenters. The van der Waals surface area contributed by atoms with E-state index in [2.05, 4.69) is 86.4 Å². The van der Waals surface area contributed by atoms with Crippen LogP contribution in [0.15, 0.2) is 47.6 Å². The summed E-state index contributed by atoms with van der Waals surface area (Å²) in [5, 5.41) is 8.56. The third-order valence-corrected chi connectivity index (χ3v) is 5.28. The smallest absolute Gasteiger partial charge is 0.119 e. The number of nitrogens with one attached hydrogen (secondary N) is 1. The van der Waals surface area contributed by atoms with Crippen LogP contribution in [0.1, 0.15) is 53.0 Å². The van der Waals surface area contributed by atoms with Gasteiger partial charge in [0.25, 0.3) is 0 Å². The first kappa shape index (κ1) is 22.7. The van der Waals surface area contributed by atoms with E-state index in [1.807, 2.05) is 0 Å². The van der Waals surface area contributed by atoms with Crippen LogP contribution in [0.25, 0.3) is 0 Å². The average molecular weight is 386 g/mol. The fraction of sp³-hybridized carbons (Fsp3) is 0.583. The summed E-state index contributed by atoms with van der Waals surface area (Å²) in [6.45, 7) is 16.8. The van der Waals surface area contributed by atoms with Crippen LogP contribution >= 0.6 is 0 Å². The lowest BCUT2D eigenvalue weighted by molar-refractivity contribution is 0.0388. The maximum absolute atomic E-state index is 5.87. The van der Waals surface area contributed by atoms with Crippen molar-refractivity contribution in [2.24, 2.45) is 0 Å². The van der Waals surface area contributed by atoms with Gasteiger partial charge in [0.2, 0.25) is 0 Å². The van der Waals surface area contributed by atoms with Gasteiger partial charge in [-0.2, -0.15) is 0 Å². The Labute approximate surface area is 172 Å². The third kappa shape index (κ3) is 7.78. The molecule has 0 saturated carbocycles. The zero-order chi connectivity index (χ0) is 20.4. The molecule has 0 aromatic heterocycles. The van der Waals surface area contributed by atoms with Crippen LogP contribution in [0.2, 0.25) is 0 Å². The predicted molar refractivity (Wildman–Crippen MR) is 119 cm³/mol. The van der Waals surface area contributed by atoms with Crippen LogP contribution in [-0.4, -0.2) is 48.8 Å². The van der Waals surface area contributed by atoms with Gasteiger partial charge in [0, 0.05) is 38.8 Å². The molecule has 0 bridgehead atoms. The minimum absolute atomic E-state index is 0.537. The van der Waals surface area contributed by atoms with E-state index in [0.717, 1.165) is 51.3 Å². The van der Waals surface area contributed by atoms with Gasteiger partial charge in [0.05, 0.1) is 0 Å². The number of likely N-dealkylation sites (N-methyl/N-ethyl adjacent to an activating group) is 2. The molecule has 4 heteroatoms. The van der Waals surface area contributed by atoms with Crippen LogP contribution in [-0.2, 0) is 6.54 Å². The summed E-state index contributed by atoms with van der Waals surface area (Å²) < 4.78 is 5.87. The lowest BCUT2D eigenvalue weighted by Crippen LogP contribution is -2.35. The molecule has 1 saturated heterocycles. The Morgan fingerprint density at radius 3 is 2.25 bits per heavy atom. The van der Waals surface area contributed by atoms with Gasteiger partial charge in [0.15, 0.2) is 0 Å². The Balaban J connectivity index is 1.71. The minimum atomic E-state index is 0.537. The van der Waals surface area contributed by atoms with Crippen molar-refractivity contribution < 1.29 is 4.74 Å². The molecule has 1 N–H and O–H groups in total. The highest BCUT2D eigenvalue weighted by Crippen LogP contribution is 2.15. The highest BCUT2D eigenvalue weighted by molar-refractivity contribution is 5.27. The molecule has 28 heavy (non-hydrogen) atoms. The van der Waals surface area contributed by atoms with Crippen LogP contribution < -0.4 is 10.1 Å². The summed E-state index contributed by atoms with van der Waals surface area (Å²) in [5.74, 6) is 0.937. The first-order chi connectivity index (χ1) is 13.5. The SMILES string of the molecule is CCN1CC(NCc2ccc(OC/C=C(\C)CCC=C(C)C)cc2)CN1CC. The first-order valence-electron chi connectivity index (χ1n) is 10.8. The molecule has 1 aliphatic rings. The first-order valence-corrected chi connectivity index (χ1v) is 10.8. The van der Waals surface area contributed by atoms with E-state index in [1.54, 1.807) is 0 Å². The molecule has 1 aromatic carbocycles. The van der Waals surface area contributed by atoms with Gasteiger partial charge in [-0.15, -0.1) is 0 Å². The van der Waals surface area contributed by atoms with E-state index in [4.69, 9.17) is 4.74 Å². The van der Waals surface area contributed by atoms with Gasteiger partial charge < -0.3 is 10.1 Å². The summed E-state index contributed by atoms with van der Waals surface area (Å²) in [6, 6.07) is 9.02. The quantitative estimate of drug-likeness (QED) is 0.554. The number of ether oxygens (including phenoxy) is 1. The molecule has 1 heterocycles. The maximum Gasteiger partial charge on any atom is 0.119 e. The predicted octanol–water partition coefficient (Wildman–Crippen LogP) is 4.79. The standard InChI is InChI=1S/C24H39N3O/c1-6-26-18-23(19-27(26)7-2)25-17-22-11-13-24(14-12-22)28-16-15-21(5)10-8-9-20(3)4/h9,11-15,23,25H,6-8,10,16-19H2,1-5H3/b21-15+. The van der Waals surface area contributed by atoms with E-state index >= 15 is 0 Å². The van der Waals surface area contributed by atoms with Crippen LogP contribution in [0.4, 0.5) is 0 Å². The lowest BCUT2D eigenvalue weighted by Gasteiger charge is -2.24. The van der Waals surface area contributed by atoms with E-state index in [1.165, 1.54) is 16.7 Å². The van der Waals surface area contributed by atoms with Gasteiger partial charge in [-0.25, -0.2) is 10.0 Å². The van der Waals surface area contributed by atoms with Gasteiger partial charge in [0.1, 0.15) is 12.4 Å². The van der Waals surface area contributed by atoms with Crippen molar-refractivity contribution in [3.63, 3.8) is 0 Å². The number of hydrogen-bond acceptors (Lipinski definition) is 4. The van der Waals surface area contributed by atoms with E-state index in [0.29, 0.717) is 12.6 Å². The normalized spacial score (nSPS) is 16.5. The zero-order valence-corrected chi connectivity index (χ0v) is 18.5. The fourth-order valence-electron chi connectivity index (χ4n) is 3.52. The second-order valence-electron chi connectivity index (χ2n) is 7.91. The largest absolute Gasteiger partial charge is 0.490 e. The van der Waals surface area contributed by atoms with E-state index in [-0.39, 0.29) is 0 Å². The Hall–Kier alpha value is -1.62. The molecule has 1 aromatic rings. The van der Waals surface area contributed by atoms with E-state index in [9.17, 15) is 0 Å². The molecule has 1 fully saturated rings. The number of rotatable bonds is 11. The zero-order valence-electron chi connectivity index (χ0n) is 18.5. The molecule has 0 radical (unpaired) electrons. The second kappa shape index (κ2) is 12.1. The highest BCUT2D eigenvalue weighted by atomic mass is 16.5. The molecule has 2 rings (SSSR count). The van der Waals surface area contributed by atoms with Gasteiger partial charge in [-0.05, 0) is 57.4 Å². The maximum atomic E-state index is 5.87. The number of hydrazine groups is 1. The molecule has 1 aliphatic heterocycles. The van der Waals surface area contributed by atoms with Crippen LogP contribution in [0.3, 0.4) is 0 Å². The average Bonchev–Trinajstić information content (AvgIpc) is 3.09. The topological polar surface area (TPSA) is 27.7 Å². The Morgan fingerprint density at radius 2 is 1.68 bits per heavy atom. The molecule has 0 amide bonds. The molecule has 156 valence electrons. The van der Waals surface area contributed by atoms with Crippen molar-refractivity contribution in [1.82, 2.24) is 15.3 Å². The summed E-state index contributed by atoms with van der Waals surface area (Å²) in [4.78, 5) is 0. The molecular weight excluding hydrogens is 346 g/mol. The third-order valence-electron chi connectivity index (χ3n) is 5.28. The number of allylic oxidation sites excluding steroid dienone is 3. The second-order valence-corrected chi connectivity index (χ2v) is 7.91. The Kier molecular flexibility index (Phi) is 9.76. The fourth-order valence-corrected chi connectivity index (χ4v) is 3.52. The Morgan fingerprint density at radius 1 is 1.04 bits per heavy atom. The monoisotopic (exact) mass is 385 g/mol. The minimum Gasteiger partial charge on any atom is -0.490 e. The van der Waals surface area contributed by atoms with Crippen LogP contribution in [0, 0.1) is 0 Å². The van der Waals surface area contributed by atoms with Crippen molar-refractivity contribution in [3.05, 3.63) is 53.1 Å². The lowest BCUT2D eigenvalue weighted by atomic mass is 10.1. The van der Waals surface area contributed by atoms with Crippen molar-refractivity contribution in [1.29, 1.82) is 0 Å². The molecule has 0 aliphatic carbocycles. The molecule has 4 nitrogen and oxygen atoms in total. The Bertz CT molecular complexity index is 620. The summed E-state index contributed by atoms with van der Waals surface area (Å²) in [5.41, 5.74) is 4.08. The summed E-state index contributed by atoms with van der Waals surface area (Å²) in [7, 11) is 0. The molecular formula is C24H39N3O. The summed E-state index contributed by atoms with van der Waals surface area (Å²) in [6.07, 6.45) is 6.69. The van der Waals surface area contributed by atoms with Gasteiger partial charge in [-0.3, -0.25) is 0 Å². The summed E-state index contributed by atoms with van der Waals surface area (Å²) >= 11 is 0. The number of nitrogens with zero attached hydrogens (tertiary/aromatic N) is 2. The number of benzene rings is 1. The number of hydrogen-bond donors (Lipinski definition) is 1. The van der Waals surface area contributed by atoms with Crippen molar-refractivity contribution in [2.45, 2.75) is 60.0 Å². The van der Waals surface area contributed by atoms with Crippen molar-refractivity contribution in [3.8, 4) is 5.75 Å². The van der Waals surface area contributed by atoms with Gasteiger partial charge in [-0.1, -0.05) is 43.2 Å². The van der Waals surface area contributed by atoms with Crippen molar-refractivity contribution in [2.75, 3.05) is 32.8 Å². The highest BCUT2D eigenvalue weighted by Gasteiger charge is 2.27. The van der Waals surface area contributed by atoms with Crippen LogP contribution in [0.5, 0.6) is 5.75 Å². The van der Waals surface area contributed by atoms with Gasteiger partial charge >= 0.3 is 0 Å². The van der Waals surface area contributed by atoms with Crippen molar-refractivity contribution >= 4 is 0 Å². The molecule has 0 spiro atoms.